The number of aliphatic carboxylic acids is 1. The lowest BCUT2D eigenvalue weighted by molar-refractivity contribution is -0.141. The Morgan fingerprint density at radius 1 is 1.53 bits per heavy atom. The number of nitrogens with zero attached hydrogens (tertiary/aromatic N) is 2. The lowest BCUT2D eigenvalue weighted by Gasteiger charge is -2.20. The Morgan fingerprint density at radius 3 is 2.65 bits per heavy atom. The molecule has 96 valence electrons. The van der Waals surface area contributed by atoms with Crippen molar-refractivity contribution in [3.05, 3.63) is 0 Å². The van der Waals surface area contributed by atoms with Gasteiger partial charge < -0.3 is 15.3 Å². The van der Waals surface area contributed by atoms with E-state index in [9.17, 15) is 9.59 Å². The number of carboxylic acid groups (broad SMARTS) is 1. The van der Waals surface area contributed by atoms with Crippen molar-refractivity contribution in [3.63, 3.8) is 0 Å². The maximum atomic E-state index is 11.6. The van der Waals surface area contributed by atoms with Gasteiger partial charge in [0.2, 0.25) is 0 Å². The van der Waals surface area contributed by atoms with Gasteiger partial charge in [0.05, 0.1) is 18.4 Å². The molecule has 0 aliphatic heterocycles. The highest BCUT2D eigenvalue weighted by Crippen LogP contribution is 2.00. The molecule has 0 heterocycles. The monoisotopic (exact) mass is 241 g/mol. The van der Waals surface area contributed by atoms with Crippen LogP contribution in [0, 0.1) is 17.2 Å². The van der Waals surface area contributed by atoms with Crippen LogP contribution in [0.2, 0.25) is 0 Å². The summed E-state index contributed by atoms with van der Waals surface area (Å²) >= 11 is 0. The zero-order chi connectivity index (χ0) is 13.3. The average molecular weight is 241 g/mol. The summed E-state index contributed by atoms with van der Waals surface area (Å²) in [5.74, 6) is -1.33. The molecule has 0 radical (unpaired) electrons. The first-order valence-corrected chi connectivity index (χ1v) is 5.65. The Morgan fingerprint density at radius 2 is 2.18 bits per heavy atom. The summed E-state index contributed by atoms with van der Waals surface area (Å²) in [6.07, 6.45) is 0.698. The summed E-state index contributed by atoms with van der Waals surface area (Å²) in [4.78, 5) is 23.7. The lowest BCUT2D eigenvalue weighted by atomic mass is 10.1. The van der Waals surface area contributed by atoms with E-state index in [2.05, 4.69) is 5.32 Å². The first kappa shape index (κ1) is 15.2. The molecule has 2 amide bonds. The molecule has 0 saturated heterocycles. The summed E-state index contributed by atoms with van der Waals surface area (Å²) in [6.45, 7) is 4.68. The third-order valence-electron chi connectivity index (χ3n) is 2.44. The van der Waals surface area contributed by atoms with Gasteiger partial charge in [-0.25, -0.2) is 4.79 Å². The fraction of sp³-hybridized carbons (Fsp3) is 0.727. The van der Waals surface area contributed by atoms with Crippen LogP contribution in [-0.4, -0.2) is 41.6 Å². The van der Waals surface area contributed by atoms with Crippen LogP contribution in [0.15, 0.2) is 0 Å². The van der Waals surface area contributed by atoms with Gasteiger partial charge in [0.1, 0.15) is 0 Å². The molecule has 6 heteroatoms. The number of nitrogens with one attached hydrogen (secondary N) is 1. The molecule has 0 aliphatic rings. The van der Waals surface area contributed by atoms with Gasteiger partial charge in [-0.05, 0) is 13.3 Å². The molecule has 0 aromatic carbocycles. The van der Waals surface area contributed by atoms with Gasteiger partial charge in [0, 0.05) is 19.6 Å². The minimum atomic E-state index is -0.865. The second-order valence-electron chi connectivity index (χ2n) is 3.75. The van der Waals surface area contributed by atoms with Gasteiger partial charge >= 0.3 is 12.0 Å². The summed E-state index contributed by atoms with van der Waals surface area (Å²) in [5, 5.41) is 19.7. The molecule has 0 spiro atoms. The third kappa shape index (κ3) is 6.40. The lowest BCUT2D eigenvalue weighted by Crippen LogP contribution is -2.41. The number of amides is 2. The second-order valence-corrected chi connectivity index (χ2v) is 3.75. The zero-order valence-corrected chi connectivity index (χ0v) is 10.3. The van der Waals surface area contributed by atoms with E-state index >= 15 is 0 Å². The van der Waals surface area contributed by atoms with Crippen LogP contribution >= 0.6 is 0 Å². The SMILES string of the molecule is CCN(CCC#N)C(=O)NCCC(C)C(=O)O. The number of rotatable bonds is 7. The number of urea groups is 1. The number of carbonyl (C=O) groups excluding carboxylic acids is 1. The van der Waals surface area contributed by atoms with Crippen molar-refractivity contribution in [2.24, 2.45) is 5.92 Å². The van der Waals surface area contributed by atoms with Crippen LogP contribution in [0.3, 0.4) is 0 Å². The molecule has 0 aliphatic carbocycles. The Labute approximate surface area is 101 Å². The van der Waals surface area contributed by atoms with Crippen molar-refractivity contribution < 1.29 is 14.7 Å². The molecular formula is C11H19N3O3. The predicted octanol–water partition coefficient (Wildman–Crippen LogP) is 1.04. The number of hydrogen-bond donors (Lipinski definition) is 2. The first-order chi connectivity index (χ1) is 8.02. The second kappa shape index (κ2) is 8.39. The summed E-state index contributed by atoms with van der Waals surface area (Å²) in [5.41, 5.74) is 0. The van der Waals surface area contributed by atoms with Crippen molar-refractivity contribution in [1.82, 2.24) is 10.2 Å². The van der Waals surface area contributed by atoms with Gasteiger partial charge in [0.15, 0.2) is 0 Å². The van der Waals surface area contributed by atoms with E-state index < -0.39 is 11.9 Å². The van der Waals surface area contributed by atoms with Gasteiger partial charge in [-0.1, -0.05) is 6.92 Å². The van der Waals surface area contributed by atoms with Crippen LogP contribution in [0.4, 0.5) is 4.79 Å². The smallest absolute Gasteiger partial charge is 0.317 e. The Kier molecular flexibility index (Phi) is 7.52. The largest absolute Gasteiger partial charge is 0.481 e. The first-order valence-electron chi connectivity index (χ1n) is 5.65. The number of carboxylic acids is 1. The topological polar surface area (TPSA) is 93.4 Å². The Bertz CT molecular complexity index is 299. The van der Waals surface area contributed by atoms with E-state index in [1.165, 1.54) is 4.90 Å². The standard InChI is InChI=1S/C11H19N3O3/c1-3-14(8-4-6-12)11(17)13-7-5-9(2)10(15)16/h9H,3-5,7-8H2,1-2H3,(H,13,17)(H,15,16). The van der Waals surface area contributed by atoms with Crippen LogP contribution < -0.4 is 5.32 Å². The van der Waals surface area contributed by atoms with Crippen LogP contribution in [0.25, 0.3) is 0 Å². The minimum absolute atomic E-state index is 0.250. The molecular weight excluding hydrogens is 222 g/mol. The molecule has 0 aromatic heterocycles. The number of carbonyl (C=O) groups is 2. The molecule has 6 nitrogen and oxygen atoms in total. The van der Waals surface area contributed by atoms with Crippen LogP contribution in [-0.2, 0) is 4.79 Å². The zero-order valence-electron chi connectivity index (χ0n) is 10.3. The average Bonchev–Trinajstić information content (AvgIpc) is 2.29. The summed E-state index contributed by atoms with van der Waals surface area (Å²) in [7, 11) is 0. The summed E-state index contributed by atoms with van der Waals surface area (Å²) in [6, 6.07) is 1.73. The van der Waals surface area contributed by atoms with Gasteiger partial charge in [-0.2, -0.15) is 5.26 Å². The van der Waals surface area contributed by atoms with E-state index in [4.69, 9.17) is 10.4 Å². The highest BCUT2D eigenvalue weighted by atomic mass is 16.4. The molecule has 0 rings (SSSR count). The highest BCUT2D eigenvalue weighted by molar-refractivity contribution is 5.74. The highest BCUT2D eigenvalue weighted by Gasteiger charge is 2.13. The summed E-state index contributed by atoms with van der Waals surface area (Å²) < 4.78 is 0. The van der Waals surface area contributed by atoms with Crippen molar-refractivity contribution in [3.8, 4) is 6.07 Å². The van der Waals surface area contributed by atoms with Crippen molar-refractivity contribution in [1.29, 1.82) is 5.26 Å². The molecule has 1 unspecified atom stereocenters. The Hall–Kier alpha value is -1.77. The molecule has 0 aromatic rings. The molecule has 0 fully saturated rings. The molecule has 17 heavy (non-hydrogen) atoms. The van der Waals surface area contributed by atoms with Gasteiger partial charge in [-0.15, -0.1) is 0 Å². The van der Waals surface area contributed by atoms with E-state index in [-0.39, 0.29) is 6.03 Å². The maximum absolute atomic E-state index is 11.6. The van der Waals surface area contributed by atoms with Crippen LogP contribution in [0.5, 0.6) is 0 Å². The predicted molar refractivity (Wildman–Crippen MR) is 62.3 cm³/mol. The van der Waals surface area contributed by atoms with Crippen molar-refractivity contribution in [2.45, 2.75) is 26.7 Å². The number of nitriles is 1. The minimum Gasteiger partial charge on any atom is -0.481 e. The van der Waals surface area contributed by atoms with E-state index in [1.807, 2.05) is 13.0 Å². The Balaban J connectivity index is 3.91. The fourth-order valence-corrected chi connectivity index (χ4v) is 1.22. The van der Waals surface area contributed by atoms with E-state index in [1.54, 1.807) is 6.92 Å². The normalized spacial score (nSPS) is 11.4. The van der Waals surface area contributed by atoms with E-state index in [0.29, 0.717) is 32.5 Å². The maximum Gasteiger partial charge on any atom is 0.317 e. The fourth-order valence-electron chi connectivity index (χ4n) is 1.22. The van der Waals surface area contributed by atoms with Crippen molar-refractivity contribution >= 4 is 12.0 Å². The van der Waals surface area contributed by atoms with Crippen molar-refractivity contribution in [2.75, 3.05) is 19.6 Å². The third-order valence-corrected chi connectivity index (χ3v) is 2.44. The molecule has 1 atom stereocenters. The van der Waals surface area contributed by atoms with Gasteiger partial charge in [-0.3, -0.25) is 4.79 Å². The quantitative estimate of drug-likeness (QED) is 0.696. The van der Waals surface area contributed by atoms with Gasteiger partial charge in [0.25, 0.3) is 0 Å². The number of hydrogen-bond acceptors (Lipinski definition) is 3. The molecule has 2 N–H and O–H groups in total. The molecule has 0 bridgehead atoms. The molecule has 0 saturated carbocycles. The van der Waals surface area contributed by atoms with E-state index in [0.717, 1.165) is 0 Å². The van der Waals surface area contributed by atoms with Crippen LogP contribution in [0.1, 0.15) is 26.7 Å².